The SMILES string of the molecule is C[C@H](C(=O)Nc1ccc(F)c(Cl)c1)N(c1ccc(Oc2ccccc2)cc1)S(C)(=O)=O. The molecule has 0 aliphatic rings. The fourth-order valence-electron chi connectivity index (χ4n) is 2.92. The van der Waals surface area contributed by atoms with Crippen LogP contribution in [0.15, 0.2) is 72.8 Å². The number of amides is 1. The number of nitrogens with one attached hydrogen (secondary N) is 1. The van der Waals surface area contributed by atoms with Crippen molar-refractivity contribution in [2.24, 2.45) is 0 Å². The molecule has 0 unspecified atom stereocenters. The maximum Gasteiger partial charge on any atom is 0.247 e. The lowest BCUT2D eigenvalue weighted by Crippen LogP contribution is -2.45. The van der Waals surface area contributed by atoms with Crippen LogP contribution in [-0.2, 0) is 14.8 Å². The van der Waals surface area contributed by atoms with E-state index in [2.05, 4.69) is 5.32 Å². The van der Waals surface area contributed by atoms with E-state index in [9.17, 15) is 17.6 Å². The summed E-state index contributed by atoms with van der Waals surface area (Å²) in [5, 5.41) is 2.40. The van der Waals surface area contributed by atoms with Crippen LogP contribution in [0, 0.1) is 5.82 Å². The Morgan fingerprint density at radius 3 is 2.23 bits per heavy atom. The van der Waals surface area contributed by atoms with E-state index in [0.717, 1.165) is 16.6 Å². The van der Waals surface area contributed by atoms with Gasteiger partial charge in [-0.3, -0.25) is 9.10 Å². The first kappa shape index (κ1) is 22.6. The van der Waals surface area contributed by atoms with E-state index in [-0.39, 0.29) is 10.7 Å². The second-order valence-electron chi connectivity index (χ2n) is 6.76. The summed E-state index contributed by atoms with van der Waals surface area (Å²) < 4.78 is 44.9. The highest BCUT2D eigenvalue weighted by Gasteiger charge is 2.29. The zero-order chi connectivity index (χ0) is 22.6. The summed E-state index contributed by atoms with van der Waals surface area (Å²) in [4.78, 5) is 12.7. The minimum Gasteiger partial charge on any atom is -0.457 e. The molecule has 3 aromatic carbocycles. The van der Waals surface area contributed by atoms with Gasteiger partial charge in [-0.1, -0.05) is 29.8 Å². The molecule has 1 atom stereocenters. The second kappa shape index (κ2) is 9.36. The summed E-state index contributed by atoms with van der Waals surface area (Å²) in [6, 6.07) is 18.1. The van der Waals surface area contributed by atoms with Crippen LogP contribution in [0.4, 0.5) is 15.8 Å². The maximum absolute atomic E-state index is 13.3. The van der Waals surface area contributed by atoms with Crippen LogP contribution in [0.2, 0.25) is 5.02 Å². The maximum atomic E-state index is 13.3. The van der Waals surface area contributed by atoms with E-state index in [1.54, 1.807) is 36.4 Å². The van der Waals surface area contributed by atoms with Crippen molar-refractivity contribution in [2.75, 3.05) is 15.9 Å². The van der Waals surface area contributed by atoms with Crippen molar-refractivity contribution in [1.29, 1.82) is 0 Å². The number of sulfonamides is 1. The largest absolute Gasteiger partial charge is 0.457 e. The van der Waals surface area contributed by atoms with Crippen LogP contribution < -0.4 is 14.4 Å². The van der Waals surface area contributed by atoms with Crippen molar-refractivity contribution < 1.29 is 22.3 Å². The molecule has 1 N–H and O–H groups in total. The van der Waals surface area contributed by atoms with E-state index in [1.165, 1.54) is 19.1 Å². The van der Waals surface area contributed by atoms with Crippen molar-refractivity contribution in [2.45, 2.75) is 13.0 Å². The Kier molecular flexibility index (Phi) is 6.82. The van der Waals surface area contributed by atoms with Gasteiger partial charge in [-0.25, -0.2) is 12.8 Å². The average Bonchev–Trinajstić information content (AvgIpc) is 2.72. The minimum absolute atomic E-state index is 0.153. The van der Waals surface area contributed by atoms with E-state index >= 15 is 0 Å². The van der Waals surface area contributed by atoms with Gasteiger partial charge in [0.2, 0.25) is 15.9 Å². The molecule has 0 fully saturated rings. The standard InChI is InChI=1S/C22H20ClFN2O4S/c1-15(22(27)25-16-8-13-21(24)20(23)14-16)26(31(2,28)29)17-9-11-19(12-10-17)30-18-6-4-3-5-7-18/h3-15H,1-2H3,(H,25,27)/t15-/m1/s1. The highest BCUT2D eigenvalue weighted by atomic mass is 35.5. The molecule has 0 bridgehead atoms. The molecule has 1 amide bonds. The van der Waals surface area contributed by atoms with Gasteiger partial charge in [0, 0.05) is 5.69 Å². The monoisotopic (exact) mass is 462 g/mol. The van der Waals surface area contributed by atoms with Gasteiger partial charge in [-0.2, -0.15) is 0 Å². The van der Waals surface area contributed by atoms with E-state index in [0.29, 0.717) is 17.2 Å². The van der Waals surface area contributed by atoms with Crippen LogP contribution in [0.3, 0.4) is 0 Å². The van der Waals surface area contributed by atoms with Gasteiger partial charge in [-0.15, -0.1) is 0 Å². The molecule has 0 saturated heterocycles. The lowest BCUT2D eigenvalue weighted by Gasteiger charge is -2.28. The molecule has 0 saturated carbocycles. The van der Waals surface area contributed by atoms with Crippen LogP contribution in [0.5, 0.6) is 11.5 Å². The van der Waals surface area contributed by atoms with Gasteiger partial charge in [0.05, 0.1) is 17.0 Å². The molecule has 3 rings (SSSR count). The number of halogens is 2. The topological polar surface area (TPSA) is 75.7 Å². The number of rotatable bonds is 7. The first-order chi connectivity index (χ1) is 14.6. The molecule has 3 aromatic rings. The molecule has 0 aliphatic carbocycles. The number of nitrogens with zero attached hydrogens (tertiary/aromatic N) is 1. The van der Waals surface area contributed by atoms with Crippen molar-refractivity contribution in [3.8, 4) is 11.5 Å². The van der Waals surface area contributed by atoms with Gasteiger partial charge >= 0.3 is 0 Å². The van der Waals surface area contributed by atoms with Crippen LogP contribution >= 0.6 is 11.6 Å². The van der Waals surface area contributed by atoms with Crippen LogP contribution in [0.1, 0.15) is 6.92 Å². The van der Waals surface area contributed by atoms with E-state index < -0.39 is 27.8 Å². The lowest BCUT2D eigenvalue weighted by atomic mass is 10.2. The van der Waals surface area contributed by atoms with Gasteiger partial charge < -0.3 is 10.1 Å². The fraction of sp³-hybridized carbons (Fsp3) is 0.136. The molecule has 0 aliphatic heterocycles. The summed E-state index contributed by atoms with van der Waals surface area (Å²) in [7, 11) is -3.80. The van der Waals surface area contributed by atoms with Gasteiger partial charge in [0.1, 0.15) is 23.4 Å². The molecular weight excluding hydrogens is 443 g/mol. The number of hydrogen-bond donors (Lipinski definition) is 1. The van der Waals surface area contributed by atoms with Crippen molar-refractivity contribution in [3.63, 3.8) is 0 Å². The summed E-state index contributed by atoms with van der Waals surface area (Å²) in [6.45, 7) is 1.45. The number of ether oxygens (including phenoxy) is 1. The average molecular weight is 463 g/mol. The second-order valence-corrected chi connectivity index (χ2v) is 9.03. The number of benzene rings is 3. The summed E-state index contributed by atoms with van der Waals surface area (Å²) in [5.74, 6) is -0.0663. The van der Waals surface area contributed by atoms with Crippen LogP contribution in [-0.4, -0.2) is 26.6 Å². The Morgan fingerprint density at radius 2 is 1.65 bits per heavy atom. The Morgan fingerprint density at radius 1 is 1.03 bits per heavy atom. The van der Waals surface area contributed by atoms with Gasteiger partial charge in [0.15, 0.2) is 0 Å². The normalized spacial score (nSPS) is 12.1. The molecule has 0 heterocycles. The highest BCUT2D eigenvalue weighted by Crippen LogP contribution is 2.27. The van der Waals surface area contributed by atoms with Crippen molar-refractivity contribution in [1.82, 2.24) is 0 Å². The Bertz CT molecular complexity index is 1170. The third kappa shape index (κ3) is 5.74. The fourth-order valence-corrected chi connectivity index (χ4v) is 4.27. The summed E-state index contributed by atoms with van der Waals surface area (Å²) >= 11 is 5.74. The Balaban J connectivity index is 1.80. The lowest BCUT2D eigenvalue weighted by molar-refractivity contribution is -0.116. The zero-order valence-corrected chi connectivity index (χ0v) is 18.3. The molecule has 0 radical (unpaired) electrons. The number of para-hydroxylation sites is 1. The van der Waals surface area contributed by atoms with Gasteiger partial charge in [-0.05, 0) is 61.5 Å². The van der Waals surface area contributed by atoms with Gasteiger partial charge in [0.25, 0.3) is 0 Å². The minimum atomic E-state index is -3.80. The summed E-state index contributed by atoms with van der Waals surface area (Å²) in [5.41, 5.74) is 0.547. The third-order valence-corrected chi connectivity index (χ3v) is 5.88. The number of anilines is 2. The predicted molar refractivity (Wildman–Crippen MR) is 120 cm³/mol. The molecule has 162 valence electrons. The molecule has 0 aromatic heterocycles. The smallest absolute Gasteiger partial charge is 0.247 e. The van der Waals surface area contributed by atoms with Crippen molar-refractivity contribution in [3.05, 3.63) is 83.6 Å². The molecular formula is C22H20ClFN2O4S. The molecule has 6 nitrogen and oxygen atoms in total. The predicted octanol–water partition coefficient (Wildman–Crippen LogP) is 5.06. The van der Waals surface area contributed by atoms with Crippen molar-refractivity contribution >= 4 is 38.9 Å². The molecule has 9 heteroatoms. The first-order valence-corrected chi connectivity index (χ1v) is 11.5. The first-order valence-electron chi connectivity index (χ1n) is 9.23. The number of carbonyl (C=O) groups excluding carboxylic acids is 1. The quantitative estimate of drug-likeness (QED) is 0.532. The third-order valence-electron chi connectivity index (χ3n) is 4.35. The molecule has 31 heavy (non-hydrogen) atoms. The Hall–Kier alpha value is -3.10. The Labute approximate surface area is 185 Å². The molecule has 0 spiro atoms. The van der Waals surface area contributed by atoms with E-state index in [1.807, 2.05) is 18.2 Å². The number of hydrogen-bond acceptors (Lipinski definition) is 4. The highest BCUT2D eigenvalue weighted by molar-refractivity contribution is 7.92. The zero-order valence-electron chi connectivity index (χ0n) is 16.7. The van der Waals surface area contributed by atoms with Crippen LogP contribution in [0.25, 0.3) is 0 Å². The summed E-state index contributed by atoms with van der Waals surface area (Å²) in [6.07, 6.45) is 1.01. The van der Waals surface area contributed by atoms with E-state index in [4.69, 9.17) is 16.3 Å². The number of carbonyl (C=O) groups is 1.